The highest BCUT2D eigenvalue weighted by Gasteiger charge is 2.07. The van der Waals surface area contributed by atoms with Crippen LogP contribution in [0.5, 0.6) is 5.75 Å². The van der Waals surface area contributed by atoms with Gasteiger partial charge in [-0.15, -0.1) is 0 Å². The molecule has 0 saturated heterocycles. The second kappa shape index (κ2) is 9.16. The molecule has 1 atom stereocenters. The van der Waals surface area contributed by atoms with Crippen LogP contribution in [0.15, 0.2) is 24.3 Å². The van der Waals surface area contributed by atoms with Crippen molar-refractivity contribution in [2.75, 3.05) is 0 Å². The summed E-state index contributed by atoms with van der Waals surface area (Å²) >= 11 is 0. The molecular formula is C17H25NO3. The van der Waals surface area contributed by atoms with E-state index in [1.54, 1.807) is 12.1 Å². The number of aromatic hydroxyl groups is 1. The fourth-order valence-electron chi connectivity index (χ4n) is 1.99. The third kappa shape index (κ3) is 6.93. The number of phenolic OH excluding ortho intramolecular Hbond substituents is 1. The largest absolute Gasteiger partial charge is 0.508 e. The molecule has 116 valence electrons. The Balaban J connectivity index is 2.15. The molecule has 0 aliphatic carbocycles. The van der Waals surface area contributed by atoms with Gasteiger partial charge in [-0.1, -0.05) is 13.3 Å². The lowest BCUT2D eigenvalue weighted by atomic mass is 10.0. The molecule has 1 aromatic carbocycles. The number of rotatable bonds is 9. The van der Waals surface area contributed by atoms with Crippen molar-refractivity contribution in [3.05, 3.63) is 29.8 Å². The predicted molar refractivity (Wildman–Crippen MR) is 83.4 cm³/mol. The Kier molecular flexibility index (Phi) is 7.51. The molecule has 0 unspecified atom stereocenters. The van der Waals surface area contributed by atoms with E-state index in [1.807, 2.05) is 13.8 Å². The Morgan fingerprint density at radius 2 is 1.71 bits per heavy atom. The van der Waals surface area contributed by atoms with E-state index in [4.69, 9.17) is 5.11 Å². The van der Waals surface area contributed by atoms with Crippen molar-refractivity contribution >= 4 is 11.7 Å². The second-order valence-electron chi connectivity index (χ2n) is 5.41. The van der Waals surface area contributed by atoms with Crippen LogP contribution in [-0.2, 0) is 4.79 Å². The summed E-state index contributed by atoms with van der Waals surface area (Å²) in [4.78, 5) is 23.4. The zero-order chi connectivity index (χ0) is 15.7. The number of benzene rings is 1. The number of ketones is 1. The zero-order valence-corrected chi connectivity index (χ0v) is 12.9. The Morgan fingerprint density at radius 1 is 1.10 bits per heavy atom. The van der Waals surface area contributed by atoms with Gasteiger partial charge in [0.05, 0.1) is 0 Å². The first kappa shape index (κ1) is 17.2. The zero-order valence-electron chi connectivity index (χ0n) is 12.9. The SMILES string of the molecule is CC[C@H](C)NC(=O)CCCCCC(=O)c1ccc(O)cc1. The summed E-state index contributed by atoms with van der Waals surface area (Å²) in [6.07, 6.45) is 4.42. The maximum Gasteiger partial charge on any atom is 0.220 e. The van der Waals surface area contributed by atoms with E-state index >= 15 is 0 Å². The van der Waals surface area contributed by atoms with Crippen molar-refractivity contribution in [2.24, 2.45) is 0 Å². The first-order valence-electron chi connectivity index (χ1n) is 7.64. The van der Waals surface area contributed by atoms with Crippen LogP contribution in [0.3, 0.4) is 0 Å². The van der Waals surface area contributed by atoms with Gasteiger partial charge in [0.25, 0.3) is 0 Å². The van der Waals surface area contributed by atoms with Crippen LogP contribution in [0.4, 0.5) is 0 Å². The third-order valence-electron chi connectivity index (χ3n) is 3.52. The van der Waals surface area contributed by atoms with E-state index in [-0.39, 0.29) is 23.5 Å². The molecule has 1 amide bonds. The van der Waals surface area contributed by atoms with Crippen LogP contribution in [0.25, 0.3) is 0 Å². The third-order valence-corrected chi connectivity index (χ3v) is 3.52. The minimum Gasteiger partial charge on any atom is -0.508 e. The van der Waals surface area contributed by atoms with Crippen molar-refractivity contribution in [3.63, 3.8) is 0 Å². The van der Waals surface area contributed by atoms with Gasteiger partial charge in [-0.2, -0.15) is 0 Å². The molecule has 1 rings (SSSR count). The molecule has 0 saturated carbocycles. The topological polar surface area (TPSA) is 66.4 Å². The number of hydrogen-bond acceptors (Lipinski definition) is 3. The van der Waals surface area contributed by atoms with Crippen molar-refractivity contribution in [2.45, 2.75) is 58.4 Å². The summed E-state index contributed by atoms with van der Waals surface area (Å²) in [5.41, 5.74) is 0.627. The van der Waals surface area contributed by atoms with E-state index in [9.17, 15) is 9.59 Å². The molecule has 1 aromatic rings. The summed E-state index contributed by atoms with van der Waals surface area (Å²) in [5, 5.41) is 12.1. The highest BCUT2D eigenvalue weighted by atomic mass is 16.3. The van der Waals surface area contributed by atoms with Crippen LogP contribution >= 0.6 is 0 Å². The molecule has 4 heteroatoms. The lowest BCUT2D eigenvalue weighted by Crippen LogP contribution is -2.31. The second-order valence-corrected chi connectivity index (χ2v) is 5.41. The first-order chi connectivity index (χ1) is 10.0. The fraction of sp³-hybridized carbons (Fsp3) is 0.529. The van der Waals surface area contributed by atoms with Crippen molar-refractivity contribution in [1.29, 1.82) is 0 Å². The van der Waals surface area contributed by atoms with Gasteiger partial charge in [0.15, 0.2) is 5.78 Å². The summed E-state index contributed by atoms with van der Waals surface area (Å²) in [6.45, 7) is 4.04. The Bertz CT molecular complexity index is 454. The van der Waals surface area contributed by atoms with Gasteiger partial charge in [-0.05, 0) is 50.5 Å². The molecule has 0 aromatic heterocycles. The predicted octanol–water partition coefficient (Wildman–Crippen LogP) is 3.44. The molecule has 0 aliphatic rings. The standard InChI is InChI=1S/C17H25NO3/c1-3-13(2)18-17(21)8-6-4-5-7-16(20)14-9-11-15(19)12-10-14/h9-13,19H,3-8H2,1-2H3,(H,18,21)/t13-/m0/s1. The normalized spacial score (nSPS) is 11.9. The number of carbonyl (C=O) groups is 2. The van der Waals surface area contributed by atoms with Crippen LogP contribution in [0, 0.1) is 0 Å². The van der Waals surface area contributed by atoms with Gasteiger partial charge in [0.1, 0.15) is 5.75 Å². The average Bonchev–Trinajstić information content (AvgIpc) is 2.47. The van der Waals surface area contributed by atoms with Gasteiger partial charge < -0.3 is 10.4 Å². The Morgan fingerprint density at radius 3 is 2.33 bits per heavy atom. The number of nitrogens with one attached hydrogen (secondary N) is 1. The minimum atomic E-state index is 0.0825. The molecule has 0 radical (unpaired) electrons. The lowest BCUT2D eigenvalue weighted by Gasteiger charge is -2.10. The summed E-state index contributed by atoms with van der Waals surface area (Å²) < 4.78 is 0. The quantitative estimate of drug-likeness (QED) is 0.541. The fourth-order valence-corrected chi connectivity index (χ4v) is 1.99. The summed E-state index contributed by atoms with van der Waals surface area (Å²) in [5.74, 6) is 0.340. The van der Waals surface area contributed by atoms with Gasteiger partial charge in [-0.25, -0.2) is 0 Å². The van der Waals surface area contributed by atoms with Gasteiger partial charge in [0, 0.05) is 24.4 Å². The molecule has 4 nitrogen and oxygen atoms in total. The average molecular weight is 291 g/mol. The number of amides is 1. The maximum atomic E-state index is 11.9. The van der Waals surface area contributed by atoms with E-state index in [0.29, 0.717) is 18.4 Å². The molecule has 21 heavy (non-hydrogen) atoms. The molecule has 0 spiro atoms. The summed E-state index contributed by atoms with van der Waals surface area (Å²) in [7, 11) is 0. The first-order valence-corrected chi connectivity index (χ1v) is 7.64. The Hall–Kier alpha value is -1.84. The van der Waals surface area contributed by atoms with Crippen LogP contribution in [-0.4, -0.2) is 22.8 Å². The number of Topliss-reactive ketones (excluding diaryl/α,β-unsaturated/α-hetero) is 1. The van der Waals surface area contributed by atoms with Crippen LogP contribution < -0.4 is 5.32 Å². The molecule has 0 fully saturated rings. The van der Waals surface area contributed by atoms with E-state index in [2.05, 4.69) is 5.32 Å². The number of unbranched alkanes of at least 4 members (excludes halogenated alkanes) is 2. The van der Waals surface area contributed by atoms with Crippen molar-refractivity contribution in [1.82, 2.24) is 5.32 Å². The van der Waals surface area contributed by atoms with Crippen molar-refractivity contribution in [3.8, 4) is 5.75 Å². The molecule has 0 aliphatic heterocycles. The molecule has 0 bridgehead atoms. The summed E-state index contributed by atoms with van der Waals surface area (Å²) in [6, 6.07) is 6.54. The smallest absolute Gasteiger partial charge is 0.220 e. The van der Waals surface area contributed by atoms with Gasteiger partial charge in [0.2, 0.25) is 5.91 Å². The van der Waals surface area contributed by atoms with Crippen molar-refractivity contribution < 1.29 is 14.7 Å². The number of phenols is 1. The van der Waals surface area contributed by atoms with Gasteiger partial charge in [-0.3, -0.25) is 9.59 Å². The maximum absolute atomic E-state index is 11.9. The highest BCUT2D eigenvalue weighted by molar-refractivity contribution is 5.96. The monoisotopic (exact) mass is 291 g/mol. The van der Waals surface area contributed by atoms with E-state index in [0.717, 1.165) is 25.7 Å². The minimum absolute atomic E-state index is 0.0825. The van der Waals surface area contributed by atoms with Crippen LogP contribution in [0.2, 0.25) is 0 Å². The Labute approximate surface area is 126 Å². The molecule has 2 N–H and O–H groups in total. The van der Waals surface area contributed by atoms with E-state index < -0.39 is 0 Å². The van der Waals surface area contributed by atoms with E-state index in [1.165, 1.54) is 12.1 Å². The highest BCUT2D eigenvalue weighted by Crippen LogP contribution is 2.13. The molecule has 0 heterocycles. The number of hydrogen-bond donors (Lipinski definition) is 2. The van der Waals surface area contributed by atoms with Gasteiger partial charge >= 0.3 is 0 Å². The lowest BCUT2D eigenvalue weighted by molar-refractivity contribution is -0.121. The number of carbonyl (C=O) groups excluding carboxylic acids is 2. The van der Waals surface area contributed by atoms with Crippen LogP contribution in [0.1, 0.15) is 62.7 Å². The molecular weight excluding hydrogens is 266 g/mol.